The highest BCUT2D eigenvalue weighted by atomic mass is 31.2. The molecule has 0 rings (SSSR count). The van der Waals surface area contributed by atoms with Gasteiger partial charge in [0.15, 0.2) is 6.10 Å². The van der Waals surface area contributed by atoms with Crippen molar-refractivity contribution in [2.75, 3.05) is 26.4 Å². The summed E-state index contributed by atoms with van der Waals surface area (Å²) in [7, 11) is -4.39. The first-order chi connectivity index (χ1) is 29.3. The number of ether oxygens (including phenoxy) is 2. The molecule has 9 nitrogen and oxygen atoms in total. The molecule has 3 N–H and O–H groups in total. The second-order valence-corrected chi connectivity index (χ2v) is 16.7. The van der Waals surface area contributed by atoms with Crippen molar-refractivity contribution in [3.8, 4) is 0 Å². The van der Waals surface area contributed by atoms with E-state index in [2.05, 4.69) is 98.9 Å². The predicted molar refractivity (Wildman–Crippen MR) is 252 cm³/mol. The SMILES string of the molecule is CC/C=C\C/C=C\C/C=C\C/C=C\C/C=C\CCCCCCCCCCCC(=O)OC(COC(=O)CCCCCCC/C=C\C/C=C\CCCC)COP(=O)(O)OCCN. The maximum Gasteiger partial charge on any atom is 0.472 e. The van der Waals surface area contributed by atoms with Gasteiger partial charge in [-0.1, -0.05) is 176 Å². The van der Waals surface area contributed by atoms with Crippen LogP contribution in [0.1, 0.15) is 187 Å². The molecule has 344 valence electrons. The average molecular weight is 860 g/mol. The van der Waals surface area contributed by atoms with Crippen LogP contribution in [-0.4, -0.2) is 49.3 Å². The monoisotopic (exact) mass is 860 g/mol. The zero-order valence-electron chi connectivity index (χ0n) is 37.9. The molecule has 0 aliphatic heterocycles. The standard InChI is InChI=1S/C50H86NO8P/c1-3-5-7-9-11-13-15-17-19-20-21-22-23-24-25-26-27-28-29-31-33-35-37-39-41-43-50(53)59-48(47-58-60(54,55)57-45-44-51)46-56-49(52)42-40-38-36-34-32-30-18-16-14-12-10-8-6-4-2/h5,7,10-13,16-19,21-22,24-25,48H,3-4,6,8-9,14-15,20,23,26-47,51H2,1-2H3,(H,54,55)/b7-5-,12-10-,13-11-,18-16-,19-17-,22-21-,25-24-. The number of rotatable bonds is 43. The van der Waals surface area contributed by atoms with Gasteiger partial charge in [0.25, 0.3) is 0 Å². The van der Waals surface area contributed by atoms with Gasteiger partial charge in [-0.2, -0.15) is 0 Å². The van der Waals surface area contributed by atoms with Gasteiger partial charge in [-0.15, -0.1) is 0 Å². The molecule has 0 saturated carbocycles. The van der Waals surface area contributed by atoms with E-state index in [1.54, 1.807) is 0 Å². The van der Waals surface area contributed by atoms with Crippen LogP contribution in [0.3, 0.4) is 0 Å². The molecule has 0 aromatic rings. The van der Waals surface area contributed by atoms with E-state index in [1.807, 2.05) is 0 Å². The van der Waals surface area contributed by atoms with Crippen molar-refractivity contribution in [3.05, 3.63) is 85.1 Å². The first-order valence-corrected chi connectivity index (χ1v) is 25.1. The second-order valence-electron chi connectivity index (χ2n) is 15.2. The normalized spacial score (nSPS) is 14.0. The fraction of sp³-hybridized carbons (Fsp3) is 0.680. The summed E-state index contributed by atoms with van der Waals surface area (Å²) in [5.74, 6) is -0.857. The fourth-order valence-electron chi connectivity index (χ4n) is 6.03. The van der Waals surface area contributed by atoms with Crippen molar-refractivity contribution < 1.29 is 37.6 Å². The zero-order valence-corrected chi connectivity index (χ0v) is 38.8. The number of carbonyl (C=O) groups excluding carboxylic acids is 2. The molecular weight excluding hydrogens is 774 g/mol. The number of unbranched alkanes of at least 4 members (excludes halogenated alkanes) is 16. The molecule has 0 heterocycles. The molecule has 2 atom stereocenters. The summed E-state index contributed by atoms with van der Waals surface area (Å²) >= 11 is 0. The van der Waals surface area contributed by atoms with Crippen LogP contribution in [0.5, 0.6) is 0 Å². The number of nitrogens with two attached hydrogens (primary N) is 1. The Hall–Kier alpha value is -2.81. The number of phosphoric ester groups is 1. The van der Waals surface area contributed by atoms with E-state index in [0.717, 1.165) is 103 Å². The highest BCUT2D eigenvalue weighted by molar-refractivity contribution is 7.47. The second kappa shape index (κ2) is 45.7. The lowest BCUT2D eigenvalue weighted by Crippen LogP contribution is -2.29. The largest absolute Gasteiger partial charge is 0.472 e. The summed E-state index contributed by atoms with van der Waals surface area (Å²) in [5.41, 5.74) is 5.35. The molecule has 0 aliphatic rings. The van der Waals surface area contributed by atoms with Crippen LogP contribution >= 0.6 is 7.82 Å². The van der Waals surface area contributed by atoms with E-state index < -0.39 is 32.5 Å². The van der Waals surface area contributed by atoms with E-state index >= 15 is 0 Å². The lowest BCUT2D eigenvalue weighted by atomic mass is 10.1. The molecule has 0 radical (unpaired) electrons. The Labute approximate surface area is 366 Å². The summed E-state index contributed by atoms with van der Waals surface area (Å²) in [6.45, 7) is 3.54. The van der Waals surface area contributed by atoms with Crippen molar-refractivity contribution in [2.45, 2.75) is 193 Å². The van der Waals surface area contributed by atoms with Crippen LogP contribution in [0.25, 0.3) is 0 Å². The quantitative estimate of drug-likeness (QED) is 0.0266. The van der Waals surface area contributed by atoms with Crippen LogP contribution in [0.2, 0.25) is 0 Å². The Bertz CT molecular complexity index is 1250. The average Bonchev–Trinajstić information content (AvgIpc) is 3.24. The molecule has 0 bridgehead atoms. The van der Waals surface area contributed by atoms with Gasteiger partial charge in [0, 0.05) is 19.4 Å². The van der Waals surface area contributed by atoms with E-state index in [-0.39, 0.29) is 32.6 Å². The van der Waals surface area contributed by atoms with Crippen LogP contribution in [0.4, 0.5) is 0 Å². The maximum absolute atomic E-state index is 12.6. The Morgan fingerprint density at radius 2 is 0.917 bits per heavy atom. The van der Waals surface area contributed by atoms with Crippen LogP contribution in [0.15, 0.2) is 85.1 Å². The third-order valence-electron chi connectivity index (χ3n) is 9.52. The lowest BCUT2D eigenvalue weighted by Gasteiger charge is -2.19. The molecule has 2 unspecified atom stereocenters. The molecule has 0 fully saturated rings. The molecule has 0 amide bonds. The lowest BCUT2D eigenvalue weighted by molar-refractivity contribution is -0.161. The van der Waals surface area contributed by atoms with Gasteiger partial charge in [0.1, 0.15) is 6.61 Å². The molecule has 0 saturated heterocycles. The number of carbonyl (C=O) groups is 2. The zero-order chi connectivity index (χ0) is 43.9. The van der Waals surface area contributed by atoms with Crippen molar-refractivity contribution in [2.24, 2.45) is 5.73 Å². The Balaban J connectivity index is 4.11. The molecule has 10 heteroatoms. The number of hydrogen-bond donors (Lipinski definition) is 2. The molecular formula is C50H86NO8P. The minimum atomic E-state index is -4.39. The van der Waals surface area contributed by atoms with Gasteiger partial charge < -0.3 is 20.1 Å². The van der Waals surface area contributed by atoms with Crippen molar-refractivity contribution in [1.82, 2.24) is 0 Å². The highest BCUT2D eigenvalue weighted by Gasteiger charge is 2.26. The summed E-state index contributed by atoms with van der Waals surface area (Å²) < 4.78 is 32.8. The third kappa shape index (κ3) is 44.7. The van der Waals surface area contributed by atoms with Crippen molar-refractivity contribution >= 4 is 19.8 Å². The Morgan fingerprint density at radius 1 is 0.517 bits per heavy atom. The smallest absolute Gasteiger partial charge is 0.462 e. The third-order valence-corrected chi connectivity index (χ3v) is 10.5. The van der Waals surface area contributed by atoms with Gasteiger partial charge in [-0.3, -0.25) is 18.6 Å². The molecule has 60 heavy (non-hydrogen) atoms. The number of esters is 2. The summed E-state index contributed by atoms with van der Waals surface area (Å²) in [5, 5.41) is 0. The van der Waals surface area contributed by atoms with Crippen LogP contribution in [-0.2, 0) is 32.7 Å². The summed E-state index contributed by atoms with van der Waals surface area (Å²) in [4.78, 5) is 34.9. The number of allylic oxidation sites excluding steroid dienone is 14. The van der Waals surface area contributed by atoms with E-state index in [4.69, 9.17) is 24.3 Å². The number of phosphoric acid groups is 1. The first kappa shape index (κ1) is 57.2. The Morgan fingerprint density at radius 3 is 1.37 bits per heavy atom. The van der Waals surface area contributed by atoms with Gasteiger partial charge >= 0.3 is 19.8 Å². The maximum atomic E-state index is 12.6. The van der Waals surface area contributed by atoms with Gasteiger partial charge in [0.2, 0.25) is 0 Å². The van der Waals surface area contributed by atoms with Crippen molar-refractivity contribution in [1.29, 1.82) is 0 Å². The number of hydrogen-bond acceptors (Lipinski definition) is 8. The predicted octanol–water partition coefficient (Wildman–Crippen LogP) is 14.0. The van der Waals surface area contributed by atoms with Gasteiger partial charge in [-0.05, 0) is 83.5 Å². The first-order valence-electron chi connectivity index (χ1n) is 23.6. The molecule has 0 spiro atoms. The van der Waals surface area contributed by atoms with Crippen LogP contribution < -0.4 is 5.73 Å². The van der Waals surface area contributed by atoms with E-state index in [0.29, 0.717) is 12.8 Å². The van der Waals surface area contributed by atoms with Crippen LogP contribution in [0, 0.1) is 0 Å². The minimum Gasteiger partial charge on any atom is -0.462 e. The van der Waals surface area contributed by atoms with Gasteiger partial charge in [-0.25, -0.2) is 4.57 Å². The van der Waals surface area contributed by atoms with Gasteiger partial charge in [0.05, 0.1) is 13.2 Å². The fourth-order valence-corrected chi connectivity index (χ4v) is 6.80. The molecule has 0 aromatic carbocycles. The van der Waals surface area contributed by atoms with E-state index in [1.165, 1.54) is 44.9 Å². The minimum absolute atomic E-state index is 0.0461. The Kier molecular flexibility index (Phi) is 43.6. The van der Waals surface area contributed by atoms with Crippen molar-refractivity contribution in [3.63, 3.8) is 0 Å². The molecule has 0 aliphatic carbocycles. The summed E-state index contributed by atoms with van der Waals surface area (Å²) in [6.07, 6.45) is 57.6. The summed E-state index contributed by atoms with van der Waals surface area (Å²) in [6, 6.07) is 0. The van der Waals surface area contributed by atoms with E-state index in [9.17, 15) is 19.0 Å². The molecule has 0 aromatic heterocycles. The highest BCUT2D eigenvalue weighted by Crippen LogP contribution is 2.43. The topological polar surface area (TPSA) is 134 Å².